The van der Waals surface area contributed by atoms with Gasteiger partial charge in [0.15, 0.2) is 5.13 Å². The molecule has 2 rings (SSSR count). The number of amides is 2. The maximum absolute atomic E-state index is 11.9. The normalized spacial score (nSPS) is 12.7. The van der Waals surface area contributed by atoms with E-state index >= 15 is 0 Å². The first kappa shape index (κ1) is 19.3. The Hall–Kier alpha value is -2.06. The average molecular weight is 363 g/mol. The summed E-state index contributed by atoms with van der Waals surface area (Å²) in [6, 6.07) is 1.56. The fraction of sp³-hybridized carbons (Fsp3) is 0.529. The van der Waals surface area contributed by atoms with E-state index in [0.717, 1.165) is 22.1 Å². The van der Waals surface area contributed by atoms with E-state index in [9.17, 15) is 4.79 Å². The molecule has 1 unspecified atom stereocenters. The minimum Gasteiger partial charge on any atom is -0.380 e. The molecule has 8 heteroatoms. The Labute approximate surface area is 152 Å². The number of rotatable bonds is 5. The lowest BCUT2D eigenvalue weighted by Gasteiger charge is -2.16. The number of thiazole rings is 1. The van der Waals surface area contributed by atoms with Crippen LogP contribution in [0.4, 0.5) is 9.93 Å². The fourth-order valence-electron chi connectivity index (χ4n) is 2.00. The van der Waals surface area contributed by atoms with Gasteiger partial charge in [-0.2, -0.15) is 0 Å². The third kappa shape index (κ3) is 5.20. The van der Waals surface area contributed by atoms with Crippen LogP contribution < -0.4 is 10.6 Å². The van der Waals surface area contributed by atoms with E-state index in [1.807, 2.05) is 19.9 Å². The summed E-state index contributed by atoms with van der Waals surface area (Å²) in [5, 5.41) is 6.03. The largest absolute Gasteiger partial charge is 0.380 e. The number of urea groups is 1. The topological polar surface area (TPSA) is 89.0 Å². The van der Waals surface area contributed by atoms with Crippen molar-refractivity contribution in [3.05, 3.63) is 23.8 Å². The second-order valence-corrected chi connectivity index (χ2v) is 7.83. The molecule has 136 valence electrons. The molecule has 0 bridgehead atoms. The van der Waals surface area contributed by atoms with Crippen LogP contribution in [-0.2, 0) is 10.2 Å². The Morgan fingerprint density at radius 2 is 2.08 bits per heavy atom. The van der Waals surface area contributed by atoms with Crippen LogP contribution in [0.5, 0.6) is 0 Å². The zero-order valence-corrected chi connectivity index (χ0v) is 16.3. The molecular formula is C17H25N5O2S. The van der Waals surface area contributed by atoms with Crippen LogP contribution in [0.3, 0.4) is 0 Å². The van der Waals surface area contributed by atoms with E-state index in [4.69, 9.17) is 4.74 Å². The highest BCUT2D eigenvalue weighted by atomic mass is 32.1. The number of nitrogens with one attached hydrogen (secondary N) is 2. The molecule has 2 amide bonds. The van der Waals surface area contributed by atoms with Crippen molar-refractivity contribution >= 4 is 22.5 Å². The molecule has 25 heavy (non-hydrogen) atoms. The first-order chi connectivity index (χ1) is 11.7. The molecule has 0 saturated carbocycles. The van der Waals surface area contributed by atoms with Gasteiger partial charge in [-0.25, -0.2) is 19.7 Å². The zero-order valence-electron chi connectivity index (χ0n) is 15.5. The second-order valence-electron chi connectivity index (χ2n) is 6.83. The van der Waals surface area contributed by atoms with Crippen molar-refractivity contribution in [3.8, 4) is 10.6 Å². The zero-order chi connectivity index (χ0) is 18.6. The van der Waals surface area contributed by atoms with Crippen LogP contribution in [0, 0.1) is 6.92 Å². The van der Waals surface area contributed by atoms with E-state index < -0.39 is 0 Å². The molecule has 0 aliphatic heterocycles. The highest BCUT2D eigenvalue weighted by Gasteiger charge is 2.19. The third-order valence-corrected chi connectivity index (χ3v) is 4.62. The molecule has 0 spiro atoms. The number of aromatic nitrogens is 3. The number of ether oxygens (including phenoxy) is 1. The molecule has 2 N–H and O–H groups in total. The second kappa shape index (κ2) is 7.88. The minimum atomic E-state index is -0.303. The molecule has 1 atom stereocenters. The van der Waals surface area contributed by atoms with Gasteiger partial charge in [-0.1, -0.05) is 32.1 Å². The van der Waals surface area contributed by atoms with Crippen molar-refractivity contribution in [2.75, 3.05) is 19.0 Å². The summed E-state index contributed by atoms with van der Waals surface area (Å²) in [6.45, 7) is 10.4. The molecule has 0 fully saturated rings. The maximum atomic E-state index is 11.9. The molecular weight excluding hydrogens is 338 g/mol. The molecule has 0 aliphatic carbocycles. The molecule has 2 aromatic rings. The van der Waals surface area contributed by atoms with Gasteiger partial charge in [-0.15, -0.1) is 0 Å². The van der Waals surface area contributed by atoms with E-state index in [0.29, 0.717) is 11.7 Å². The molecule has 0 saturated heterocycles. The van der Waals surface area contributed by atoms with Crippen molar-refractivity contribution in [1.29, 1.82) is 0 Å². The first-order valence-corrected chi connectivity index (χ1v) is 8.91. The van der Waals surface area contributed by atoms with Crippen LogP contribution in [0.15, 0.2) is 12.3 Å². The lowest BCUT2D eigenvalue weighted by molar-refractivity contribution is 0.119. The Morgan fingerprint density at radius 3 is 2.72 bits per heavy atom. The highest BCUT2D eigenvalue weighted by molar-refractivity contribution is 7.19. The van der Waals surface area contributed by atoms with Crippen molar-refractivity contribution < 1.29 is 9.53 Å². The molecule has 0 aromatic carbocycles. The van der Waals surface area contributed by atoms with Gasteiger partial charge in [-0.05, 0) is 19.9 Å². The number of nitrogens with zero attached hydrogens (tertiary/aromatic N) is 3. The first-order valence-electron chi connectivity index (χ1n) is 8.09. The smallest absolute Gasteiger partial charge is 0.321 e. The highest BCUT2D eigenvalue weighted by Crippen LogP contribution is 2.32. The predicted octanol–water partition coefficient (Wildman–Crippen LogP) is 3.36. The van der Waals surface area contributed by atoms with Crippen molar-refractivity contribution in [2.24, 2.45) is 0 Å². The van der Waals surface area contributed by atoms with Crippen LogP contribution in [-0.4, -0.2) is 40.7 Å². The predicted molar refractivity (Wildman–Crippen MR) is 100 cm³/mol. The van der Waals surface area contributed by atoms with Crippen molar-refractivity contribution in [2.45, 2.75) is 46.1 Å². The summed E-state index contributed by atoms with van der Waals surface area (Å²) in [5.41, 5.74) is 1.51. The number of methoxy groups -OCH3 is 1. The van der Waals surface area contributed by atoms with Gasteiger partial charge in [-0.3, -0.25) is 5.32 Å². The van der Waals surface area contributed by atoms with E-state index in [1.165, 1.54) is 11.3 Å². The van der Waals surface area contributed by atoms with Gasteiger partial charge in [0, 0.05) is 25.3 Å². The van der Waals surface area contributed by atoms with Gasteiger partial charge >= 0.3 is 6.03 Å². The van der Waals surface area contributed by atoms with Gasteiger partial charge in [0.1, 0.15) is 5.82 Å². The lowest BCUT2D eigenvalue weighted by Crippen LogP contribution is -2.34. The summed E-state index contributed by atoms with van der Waals surface area (Å²) >= 11 is 1.40. The Bertz CT molecular complexity index is 739. The van der Waals surface area contributed by atoms with Gasteiger partial charge in [0.25, 0.3) is 0 Å². The maximum Gasteiger partial charge on any atom is 0.321 e. The monoisotopic (exact) mass is 363 g/mol. The Kier molecular flexibility index (Phi) is 6.07. The van der Waals surface area contributed by atoms with Gasteiger partial charge in [0.05, 0.1) is 22.4 Å². The number of hydrogen-bond donors (Lipinski definition) is 2. The van der Waals surface area contributed by atoms with Crippen LogP contribution in [0.1, 0.15) is 39.2 Å². The molecule has 7 nitrogen and oxygen atoms in total. The van der Waals surface area contributed by atoms with Crippen LogP contribution >= 0.6 is 11.3 Å². The Morgan fingerprint density at radius 1 is 1.36 bits per heavy atom. The number of carbonyl (C=O) groups is 1. The summed E-state index contributed by atoms with van der Waals surface area (Å²) in [4.78, 5) is 26.3. The SMILES string of the molecule is COC(C)CNC(=O)Nc1nc(C)c(-c2ccnc(C(C)(C)C)n2)s1. The van der Waals surface area contributed by atoms with Crippen LogP contribution in [0.25, 0.3) is 10.6 Å². The number of aryl methyl sites for hydroxylation is 1. The summed E-state index contributed by atoms with van der Waals surface area (Å²) in [6.07, 6.45) is 1.71. The van der Waals surface area contributed by atoms with Crippen molar-refractivity contribution in [1.82, 2.24) is 20.3 Å². The number of hydrogen-bond acceptors (Lipinski definition) is 6. The standard InChI is InChI=1S/C17H25N5O2S/c1-10(24-6)9-19-15(23)22-16-20-11(2)13(25-16)12-7-8-18-14(21-12)17(3,4)5/h7-8,10H,9H2,1-6H3,(H2,19,20,22,23). The van der Waals surface area contributed by atoms with Gasteiger partial charge in [0.2, 0.25) is 0 Å². The fourth-order valence-corrected chi connectivity index (χ4v) is 2.93. The van der Waals surface area contributed by atoms with Crippen molar-refractivity contribution in [3.63, 3.8) is 0 Å². The number of carbonyl (C=O) groups excluding carboxylic acids is 1. The Balaban J connectivity index is 2.14. The van der Waals surface area contributed by atoms with Crippen LogP contribution in [0.2, 0.25) is 0 Å². The average Bonchev–Trinajstić information content (AvgIpc) is 2.92. The lowest BCUT2D eigenvalue weighted by atomic mass is 9.95. The summed E-state index contributed by atoms with van der Waals surface area (Å²) < 4.78 is 5.10. The molecule has 0 aliphatic rings. The minimum absolute atomic E-state index is 0.0452. The molecule has 0 radical (unpaired) electrons. The molecule has 2 heterocycles. The van der Waals surface area contributed by atoms with Gasteiger partial charge < -0.3 is 10.1 Å². The van der Waals surface area contributed by atoms with E-state index in [1.54, 1.807) is 13.3 Å². The van der Waals surface area contributed by atoms with E-state index in [-0.39, 0.29) is 17.6 Å². The summed E-state index contributed by atoms with van der Waals surface area (Å²) in [5.74, 6) is 0.776. The van der Waals surface area contributed by atoms with E-state index in [2.05, 4.69) is 46.4 Å². The number of anilines is 1. The quantitative estimate of drug-likeness (QED) is 0.850. The molecule has 2 aromatic heterocycles. The third-order valence-electron chi connectivity index (χ3n) is 3.53. The summed E-state index contributed by atoms with van der Waals surface area (Å²) in [7, 11) is 1.61.